The number of thiophene rings is 1. The van der Waals surface area contributed by atoms with Gasteiger partial charge in [-0.15, -0.1) is 11.3 Å². The maximum absolute atomic E-state index is 5.95. The van der Waals surface area contributed by atoms with E-state index >= 15 is 0 Å². The van der Waals surface area contributed by atoms with Crippen LogP contribution in [0.4, 0.5) is 0 Å². The molecule has 2 heterocycles. The number of nitrogens with zero attached hydrogens (tertiary/aromatic N) is 1. The quantitative estimate of drug-likeness (QED) is 0.905. The fraction of sp³-hybridized carbons (Fsp3) is 0.692. The summed E-state index contributed by atoms with van der Waals surface area (Å²) in [6, 6.07) is 4.80. The summed E-state index contributed by atoms with van der Waals surface area (Å²) < 4.78 is 0.892. The molecule has 0 bridgehead atoms. The van der Waals surface area contributed by atoms with Gasteiger partial charge in [0.05, 0.1) is 4.34 Å². The van der Waals surface area contributed by atoms with Crippen molar-refractivity contribution in [3.05, 3.63) is 21.3 Å². The summed E-state index contributed by atoms with van der Waals surface area (Å²) in [4.78, 5) is 3.78. The second kappa shape index (κ2) is 6.19. The minimum absolute atomic E-state index is 0.679. The van der Waals surface area contributed by atoms with E-state index in [9.17, 15) is 0 Å². The highest BCUT2D eigenvalue weighted by molar-refractivity contribution is 7.16. The summed E-state index contributed by atoms with van der Waals surface area (Å²) in [5.41, 5.74) is 0. The predicted molar refractivity (Wildman–Crippen MR) is 75.9 cm³/mol. The molecular weight excluding hydrogens is 252 g/mol. The van der Waals surface area contributed by atoms with E-state index in [-0.39, 0.29) is 0 Å². The van der Waals surface area contributed by atoms with Crippen LogP contribution < -0.4 is 5.32 Å². The molecule has 0 spiro atoms. The van der Waals surface area contributed by atoms with E-state index in [1.807, 2.05) is 6.07 Å². The molecule has 1 aliphatic heterocycles. The number of hydrogen-bond acceptors (Lipinski definition) is 3. The maximum atomic E-state index is 5.95. The smallest absolute Gasteiger partial charge is 0.0931 e. The number of hydrogen-bond donors (Lipinski definition) is 1. The zero-order valence-corrected chi connectivity index (χ0v) is 12.2. The summed E-state index contributed by atoms with van der Waals surface area (Å²) in [7, 11) is 2.21. The van der Waals surface area contributed by atoms with Gasteiger partial charge >= 0.3 is 0 Å². The summed E-state index contributed by atoms with van der Waals surface area (Å²) >= 11 is 7.64. The van der Waals surface area contributed by atoms with Crippen molar-refractivity contribution in [2.75, 3.05) is 20.1 Å². The van der Waals surface area contributed by atoms with Gasteiger partial charge in [-0.1, -0.05) is 11.6 Å². The van der Waals surface area contributed by atoms with E-state index in [1.54, 1.807) is 11.3 Å². The second-order valence-electron chi connectivity index (χ2n) is 5.15. The van der Waals surface area contributed by atoms with Crippen molar-refractivity contribution in [2.24, 2.45) is 5.92 Å². The second-order valence-corrected chi connectivity index (χ2v) is 6.95. The zero-order chi connectivity index (χ0) is 12.3. The van der Waals surface area contributed by atoms with E-state index < -0.39 is 0 Å². The summed E-state index contributed by atoms with van der Waals surface area (Å²) in [6.45, 7) is 5.67. The molecule has 2 nitrogen and oxygen atoms in total. The number of rotatable bonds is 4. The largest absolute Gasteiger partial charge is 0.314 e. The van der Waals surface area contributed by atoms with Crippen LogP contribution in [-0.2, 0) is 6.54 Å². The number of halogens is 1. The molecule has 2 atom stereocenters. The average Bonchev–Trinajstić information content (AvgIpc) is 2.63. The molecule has 2 unspecified atom stereocenters. The van der Waals surface area contributed by atoms with Gasteiger partial charge in [-0.05, 0) is 51.4 Å². The predicted octanol–water partition coefficient (Wildman–Crippen LogP) is 3.22. The van der Waals surface area contributed by atoms with Crippen LogP contribution in [0.1, 0.15) is 24.6 Å². The lowest BCUT2D eigenvalue weighted by Crippen LogP contribution is -2.39. The van der Waals surface area contributed by atoms with Gasteiger partial charge in [-0.25, -0.2) is 0 Å². The molecule has 1 fully saturated rings. The molecule has 1 aliphatic rings. The Labute approximate surface area is 113 Å². The Balaban J connectivity index is 1.78. The SMILES string of the molecule is CC1CC(CN(C)Cc2ccc(Cl)s2)CCN1. The van der Waals surface area contributed by atoms with Crippen molar-refractivity contribution in [3.63, 3.8) is 0 Å². The van der Waals surface area contributed by atoms with Crippen LogP contribution in [0.3, 0.4) is 0 Å². The fourth-order valence-corrected chi connectivity index (χ4v) is 3.78. The average molecular weight is 273 g/mol. The molecular formula is C13H21ClN2S. The Hall–Kier alpha value is -0.0900. The van der Waals surface area contributed by atoms with Gasteiger partial charge < -0.3 is 10.2 Å². The van der Waals surface area contributed by atoms with Crippen molar-refractivity contribution in [2.45, 2.75) is 32.4 Å². The Kier molecular flexibility index (Phi) is 4.86. The van der Waals surface area contributed by atoms with E-state index in [4.69, 9.17) is 11.6 Å². The molecule has 2 rings (SSSR count). The molecule has 1 saturated heterocycles. The third kappa shape index (κ3) is 4.25. The fourth-order valence-electron chi connectivity index (χ4n) is 2.61. The van der Waals surface area contributed by atoms with Crippen molar-refractivity contribution in [1.82, 2.24) is 10.2 Å². The van der Waals surface area contributed by atoms with E-state index in [2.05, 4.69) is 30.3 Å². The Morgan fingerprint density at radius 1 is 1.53 bits per heavy atom. The van der Waals surface area contributed by atoms with Gasteiger partial charge in [0.1, 0.15) is 0 Å². The lowest BCUT2D eigenvalue weighted by Gasteiger charge is -2.31. The summed E-state index contributed by atoms with van der Waals surface area (Å²) in [5, 5.41) is 3.50. The van der Waals surface area contributed by atoms with Crippen LogP contribution in [0.2, 0.25) is 4.34 Å². The molecule has 0 aliphatic carbocycles. The first kappa shape index (κ1) is 13.3. The highest BCUT2D eigenvalue weighted by Crippen LogP contribution is 2.23. The van der Waals surface area contributed by atoms with Crippen LogP contribution >= 0.6 is 22.9 Å². The molecule has 0 amide bonds. The Morgan fingerprint density at radius 2 is 2.35 bits per heavy atom. The Morgan fingerprint density at radius 3 is 3.00 bits per heavy atom. The normalized spacial score (nSPS) is 25.4. The van der Waals surface area contributed by atoms with Crippen LogP contribution in [0.5, 0.6) is 0 Å². The molecule has 96 valence electrons. The zero-order valence-electron chi connectivity index (χ0n) is 10.6. The summed E-state index contributed by atoms with van der Waals surface area (Å²) in [5.74, 6) is 0.840. The minimum atomic E-state index is 0.679. The van der Waals surface area contributed by atoms with Gasteiger partial charge in [-0.3, -0.25) is 0 Å². The monoisotopic (exact) mass is 272 g/mol. The third-order valence-corrected chi connectivity index (χ3v) is 4.57. The molecule has 1 N–H and O–H groups in total. The molecule has 4 heteroatoms. The highest BCUT2D eigenvalue weighted by Gasteiger charge is 2.19. The molecule has 0 aromatic carbocycles. The molecule has 1 aromatic rings. The molecule has 17 heavy (non-hydrogen) atoms. The first-order valence-corrected chi connectivity index (χ1v) is 7.49. The van der Waals surface area contributed by atoms with Crippen LogP contribution in [0, 0.1) is 5.92 Å². The molecule has 1 aromatic heterocycles. The minimum Gasteiger partial charge on any atom is -0.314 e. The topological polar surface area (TPSA) is 15.3 Å². The molecule has 0 radical (unpaired) electrons. The standard InChI is InChI=1S/C13H21ClN2S/c1-10-7-11(5-6-15-10)8-16(2)9-12-3-4-13(14)17-12/h3-4,10-11,15H,5-9H2,1-2H3. The van der Waals surface area contributed by atoms with Gasteiger partial charge in [0.25, 0.3) is 0 Å². The van der Waals surface area contributed by atoms with Crippen LogP contribution in [0.15, 0.2) is 12.1 Å². The number of nitrogens with one attached hydrogen (secondary N) is 1. The molecule has 0 saturated carbocycles. The van der Waals surface area contributed by atoms with Crippen molar-refractivity contribution in [3.8, 4) is 0 Å². The van der Waals surface area contributed by atoms with Crippen LogP contribution in [-0.4, -0.2) is 31.1 Å². The first-order chi connectivity index (χ1) is 8.13. The lowest BCUT2D eigenvalue weighted by molar-refractivity contribution is 0.216. The van der Waals surface area contributed by atoms with Gasteiger partial charge in [0.2, 0.25) is 0 Å². The third-order valence-electron chi connectivity index (χ3n) is 3.36. The Bertz CT molecular complexity index is 353. The highest BCUT2D eigenvalue weighted by atomic mass is 35.5. The number of piperidine rings is 1. The van der Waals surface area contributed by atoms with E-state index in [0.29, 0.717) is 6.04 Å². The summed E-state index contributed by atoms with van der Waals surface area (Å²) in [6.07, 6.45) is 2.61. The van der Waals surface area contributed by atoms with Crippen molar-refractivity contribution >= 4 is 22.9 Å². The maximum Gasteiger partial charge on any atom is 0.0931 e. The lowest BCUT2D eigenvalue weighted by atomic mass is 9.93. The van der Waals surface area contributed by atoms with E-state index in [1.165, 1.54) is 30.8 Å². The first-order valence-electron chi connectivity index (χ1n) is 6.29. The van der Waals surface area contributed by atoms with Crippen molar-refractivity contribution in [1.29, 1.82) is 0 Å². The van der Waals surface area contributed by atoms with E-state index in [0.717, 1.165) is 16.8 Å². The van der Waals surface area contributed by atoms with Gasteiger partial charge in [-0.2, -0.15) is 0 Å². The van der Waals surface area contributed by atoms with Crippen molar-refractivity contribution < 1.29 is 0 Å². The van der Waals surface area contributed by atoms with Crippen LogP contribution in [0.25, 0.3) is 0 Å². The van der Waals surface area contributed by atoms with Gasteiger partial charge in [0, 0.05) is 24.0 Å². The van der Waals surface area contributed by atoms with Gasteiger partial charge in [0.15, 0.2) is 0 Å².